The van der Waals surface area contributed by atoms with Crippen LogP contribution in [0.15, 0.2) is 30.3 Å². The smallest absolute Gasteiger partial charge is 0.238 e. The number of hydrogen-bond acceptors (Lipinski definition) is 4. The van der Waals surface area contributed by atoms with Gasteiger partial charge in [0.25, 0.3) is 0 Å². The molecule has 2 aliphatic rings. The molecule has 0 spiro atoms. The van der Waals surface area contributed by atoms with Gasteiger partial charge < -0.3 is 5.32 Å². The molecule has 7 heteroatoms. The molecule has 1 atom stereocenters. The van der Waals surface area contributed by atoms with E-state index in [4.69, 9.17) is 0 Å². The summed E-state index contributed by atoms with van der Waals surface area (Å²) in [6.45, 7) is 4.14. The molecular formula is C17H27Cl2N3OS. The number of nitrogens with one attached hydrogen (secondary N) is 2. The van der Waals surface area contributed by atoms with Crippen LogP contribution < -0.4 is 10.6 Å². The lowest BCUT2D eigenvalue weighted by atomic mass is 9.96. The first-order valence-corrected chi connectivity index (χ1v) is 9.32. The Kier molecular flexibility index (Phi) is 10.1. The Labute approximate surface area is 161 Å². The molecule has 0 saturated carbocycles. The molecule has 2 aliphatic heterocycles. The highest BCUT2D eigenvalue weighted by atomic mass is 35.5. The minimum atomic E-state index is 0. The van der Waals surface area contributed by atoms with E-state index in [0.717, 1.165) is 37.8 Å². The maximum atomic E-state index is 12.0. The van der Waals surface area contributed by atoms with Crippen LogP contribution in [0.5, 0.6) is 0 Å². The fourth-order valence-corrected chi connectivity index (χ4v) is 4.06. The zero-order chi connectivity index (χ0) is 15.2. The van der Waals surface area contributed by atoms with Gasteiger partial charge in [-0.25, -0.2) is 0 Å². The van der Waals surface area contributed by atoms with Crippen LogP contribution in [0.25, 0.3) is 0 Å². The molecule has 24 heavy (non-hydrogen) atoms. The molecule has 2 heterocycles. The molecule has 3 rings (SSSR count). The van der Waals surface area contributed by atoms with E-state index in [-0.39, 0.29) is 36.8 Å². The Balaban J connectivity index is 0.00000144. The predicted octanol–water partition coefficient (Wildman–Crippen LogP) is 2.52. The Morgan fingerprint density at radius 1 is 1.21 bits per heavy atom. The number of halogens is 2. The summed E-state index contributed by atoms with van der Waals surface area (Å²) in [7, 11) is 0. The van der Waals surface area contributed by atoms with E-state index < -0.39 is 0 Å². The van der Waals surface area contributed by atoms with E-state index in [1.807, 2.05) is 0 Å². The fourth-order valence-electron chi connectivity index (χ4n) is 3.12. The van der Waals surface area contributed by atoms with Gasteiger partial charge in [-0.3, -0.25) is 15.0 Å². The van der Waals surface area contributed by atoms with Crippen LogP contribution in [-0.4, -0.2) is 48.1 Å². The predicted molar refractivity (Wildman–Crippen MR) is 106 cm³/mol. The summed E-state index contributed by atoms with van der Waals surface area (Å²) >= 11 is 1.79. The number of rotatable bonds is 5. The zero-order valence-corrected chi connectivity index (χ0v) is 16.2. The highest BCUT2D eigenvalue weighted by Gasteiger charge is 2.24. The van der Waals surface area contributed by atoms with Crippen molar-refractivity contribution in [2.45, 2.75) is 25.4 Å². The second kappa shape index (κ2) is 11.2. The van der Waals surface area contributed by atoms with Gasteiger partial charge in [-0.15, -0.1) is 36.6 Å². The van der Waals surface area contributed by atoms with Gasteiger partial charge in [0.15, 0.2) is 0 Å². The number of piperidine rings is 1. The minimum Gasteiger partial charge on any atom is -0.354 e. The first-order chi connectivity index (χ1) is 10.8. The number of hydrogen-bond donors (Lipinski definition) is 2. The Morgan fingerprint density at radius 2 is 1.92 bits per heavy atom. The van der Waals surface area contributed by atoms with Gasteiger partial charge in [0, 0.05) is 24.7 Å². The van der Waals surface area contributed by atoms with Crippen molar-refractivity contribution in [3.05, 3.63) is 35.9 Å². The number of benzene rings is 1. The zero-order valence-electron chi connectivity index (χ0n) is 13.8. The number of likely N-dealkylation sites (tertiary alicyclic amines) is 1. The monoisotopic (exact) mass is 391 g/mol. The lowest BCUT2D eigenvalue weighted by molar-refractivity contribution is -0.122. The molecule has 1 aromatic rings. The average Bonchev–Trinajstić information content (AvgIpc) is 3.09. The average molecular weight is 392 g/mol. The molecule has 136 valence electrons. The van der Waals surface area contributed by atoms with Gasteiger partial charge in [-0.05, 0) is 37.4 Å². The number of carbonyl (C=O) groups excluding carboxylic acids is 1. The number of thioether (sulfide) groups is 1. The molecule has 0 bridgehead atoms. The molecule has 4 nitrogen and oxygen atoms in total. The lowest BCUT2D eigenvalue weighted by Gasteiger charge is -2.32. The highest BCUT2D eigenvalue weighted by molar-refractivity contribution is 7.99. The van der Waals surface area contributed by atoms with Crippen molar-refractivity contribution in [2.24, 2.45) is 5.92 Å². The van der Waals surface area contributed by atoms with Gasteiger partial charge in [-0.1, -0.05) is 30.3 Å². The van der Waals surface area contributed by atoms with E-state index in [1.165, 1.54) is 18.4 Å². The fraction of sp³-hybridized carbons (Fsp3) is 0.588. The molecule has 0 radical (unpaired) electrons. The van der Waals surface area contributed by atoms with E-state index >= 15 is 0 Å². The molecule has 0 aromatic heterocycles. The molecule has 1 amide bonds. The largest absolute Gasteiger partial charge is 0.354 e. The summed E-state index contributed by atoms with van der Waals surface area (Å²) in [5.41, 5.74) is 1.39. The molecule has 0 aliphatic carbocycles. The molecular weight excluding hydrogens is 365 g/mol. The molecule has 1 aromatic carbocycles. The molecule has 2 fully saturated rings. The number of nitrogens with zero attached hydrogens (tertiary/aromatic N) is 1. The minimum absolute atomic E-state index is 0. The van der Waals surface area contributed by atoms with Crippen LogP contribution in [0.1, 0.15) is 18.4 Å². The third kappa shape index (κ3) is 6.45. The van der Waals surface area contributed by atoms with Gasteiger partial charge in [-0.2, -0.15) is 0 Å². The van der Waals surface area contributed by atoms with Crippen molar-refractivity contribution in [1.82, 2.24) is 15.5 Å². The lowest BCUT2D eigenvalue weighted by Crippen LogP contribution is -2.45. The summed E-state index contributed by atoms with van der Waals surface area (Å²) in [6.07, 6.45) is 2.36. The van der Waals surface area contributed by atoms with E-state index in [2.05, 4.69) is 45.9 Å². The van der Waals surface area contributed by atoms with Crippen molar-refractivity contribution in [2.75, 3.05) is 31.3 Å². The highest BCUT2D eigenvalue weighted by Crippen LogP contribution is 2.18. The molecule has 2 saturated heterocycles. The Hall–Kier alpha value is -0.460. The van der Waals surface area contributed by atoms with Crippen molar-refractivity contribution in [3.8, 4) is 0 Å². The van der Waals surface area contributed by atoms with Gasteiger partial charge in [0.1, 0.15) is 0 Å². The quantitative estimate of drug-likeness (QED) is 0.809. The van der Waals surface area contributed by atoms with Crippen LogP contribution >= 0.6 is 36.6 Å². The topological polar surface area (TPSA) is 44.4 Å². The van der Waals surface area contributed by atoms with E-state index in [1.54, 1.807) is 11.8 Å². The number of amides is 1. The van der Waals surface area contributed by atoms with Crippen LogP contribution in [-0.2, 0) is 11.3 Å². The summed E-state index contributed by atoms with van der Waals surface area (Å²) in [5, 5.41) is 6.35. The third-order valence-corrected chi connectivity index (χ3v) is 5.49. The van der Waals surface area contributed by atoms with Crippen LogP contribution in [0.3, 0.4) is 0 Å². The van der Waals surface area contributed by atoms with Gasteiger partial charge in [0.05, 0.1) is 6.04 Å². The Bertz CT molecular complexity index is 478. The summed E-state index contributed by atoms with van der Waals surface area (Å²) in [4.78, 5) is 14.5. The molecule has 2 N–H and O–H groups in total. The van der Waals surface area contributed by atoms with Crippen molar-refractivity contribution >= 4 is 42.5 Å². The summed E-state index contributed by atoms with van der Waals surface area (Å²) in [5.74, 6) is 2.61. The van der Waals surface area contributed by atoms with Gasteiger partial charge in [0.2, 0.25) is 5.91 Å². The third-order valence-electron chi connectivity index (χ3n) is 4.55. The second-order valence-corrected chi connectivity index (χ2v) is 7.25. The standard InChI is InChI=1S/C17H25N3OS.2ClH/c21-17(16-12-22-13-19-16)18-10-14-6-8-20(9-7-14)11-15-4-2-1-3-5-15;;/h1-5,14,16,19H,6-13H2,(H,18,21);2*1H. The summed E-state index contributed by atoms with van der Waals surface area (Å²) in [6, 6.07) is 10.7. The first kappa shape index (κ1) is 21.6. The normalized spacial score (nSPS) is 21.6. The molecule has 1 unspecified atom stereocenters. The Morgan fingerprint density at radius 3 is 2.54 bits per heavy atom. The second-order valence-electron chi connectivity index (χ2n) is 6.22. The van der Waals surface area contributed by atoms with Crippen LogP contribution in [0.2, 0.25) is 0 Å². The first-order valence-electron chi connectivity index (χ1n) is 8.16. The van der Waals surface area contributed by atoms with Crippen molar-refractivity contribution in [3.63, 3.8) is 0 Å². The van der Waals surface area contributed by atoms with E-state index in [0.29, 0.717) is 5.92 Å². The van der Waals surface area contributed by atoms with E-state index in [9.17, 15) is 4.79 Å². The van der Waals surface area contributed by atoms with Crippen molar-refractivity contribution in [1.29, 1.82) is 0 Å². The SMILES string of the molecule is Cl.Cl.O=C(NCC1CCN(Cc2ccccc2)CC1)C1CSCN1. The van der Waals surface area contributed by atoms with Crippen molar-refractivity contribution < 1.29 is 4.79 Å². The maximum absolute atomic E-state index is 12.0. The number of carbonyl (C=O) groups is 1. The van der Waals surface area contributed by atoms with Crippen LogP contribution in [0, 0.1) is 5.92 Å². The van der Waals surface area contributed by atoms with Gasteiger partial charge >= 0.3 is 0 Å². The summed E-state index contributed by atoms with van der Waals surface area (Å²) < 4.78 is 0. The maximum Gasteiger partial charge on any atom is 0.238 e. The van der Waals surface area contributed by atoms with Crippen LogP contribution in [0.4, 0.5) is 0 Å².